The second kappa shape index (κ2) is 6.27. The standard InChI is InChI=1S/C19H23N5O/c1-14(11-18-20-7-8-22(18)2)21-19(25)23-9-10-24-16(13-23)12-15-5-3-4-6-17(15)24/h3-8,12,14H,9-11,13H2,1-2H3,(H,21,25). The predicted octanol–water partition coefficient (Wildman–Crippen LogP) is 2.53. The third-order valence-electron chi connectivity index (χ3n) is 4.91. The van der Waals surface area contributed by atoms with Crippen molar-refractivity contribution < 1.29 is 4.79 Å². The van der Waals surface area contributed by atoms with Crippen LogP contribution in [0.25, 0.3) is 10.9 Å². The summed E-state index contributed by atoms with van der Waals surface area (Å²) in [6.45, 7) is 4.24. The monoisotopic (exact) mass is 337 g/mol. The topological polar surface area (TPSA) is 55.1 Å². The van der Waals surface area contributed by atoms with Crippen molar-refractivity contribution in [3.63, 3.8) is 0 Å². The molecule has 3 aromatic rings. The molecule has 0 spiro atoms. The molecule has 0 fully saturated rings. The highest BCUT2D eigenvalue weighted by Gasteiger charge is 2.23. The Morgan fingerprint density at radius 2 is 2.16 bits per heavy atom. The van der Waals surface area contributed by atoms with Gasteiger partial charge in [0.2, 0.25) is 0 Å². The number of aryl methyl sites for hydroxylation is 1. The molecule has 4 rings (SSSR count). The van der Waals surface area contributed by atoms with E-state index in [1.165, 1.54) is 16.6 Å². The number of para-hydroxylation sites is 1. The van der Waals surface area contributed by atoms with Crippen LogP contribution < -0.4 is 5.32 Å². The lowest BCUT2D eigenvalue weighted by molar-refractivity contribution is 0.181. The van der Waals surface area contributed by atoms with E-state index in [0.717, 1.165) is 25.3 Å². The van der Waals surface area contributed by atoms with E-state index in [4.69, 9.17) is 0 Å². The van der Waals surface area contributed by atoms with E-state index >= 15 is 0 Å². The molecule has 1 N–H and O–H groups in total. The van der Waals surface area contributed by atoms with E-state index in [1.807, 2.05) is 29.6 Å². The predicted molar refractivity (Wildman–Crippen MR) is 97.3 cm³/mol. The van der Waals surface area contributed by atoms with E-state index in [2.05, 4.69) is 45.2 Å². The first-order valence-corrected chi connectivity index (χ1v) is 8.70. The van der Waals surface area contributed by atoms with Crippen molar-refractivity contribution in [1.82, 2.24) is 24.3 Å². The van der Waals surface area contributed by atoms with Crippen molar-refractivity contribution >= 4 is 16.9 Å². The Hall–Kier alpha value is -2.76. The van der Waals surface area contributed by atoms with E-state index in [9.17, 15) is 4.79 Å². The van der Waals surface area contributed by atoms with Gasteiger partial charge in [-0.3, -0.25) is 0 Å². The maximum atomic E-state index is 12.6. The Morgan fingerprint density at radius 3 is 2.96 bits per heavy atom. The van der Waals surface area contributed by atoms with Gasteiger partial charge in [-0.15, -0.1) is 0 Å². The Balaban J connectivity index is 1.42. The summed E-state index contributed by atoms with van der Waals surface area (Å²) in [5.74, 6) is 0.978. The first-order valence-electron chi connectivity index (χ1n) is 8.70. The quantitative estimate of drug-likeness (QED) is 0.798. The zero-order valence-corrected chi connectivity index (χ0v) is 14.6. The number of aromatic nitrogens is 3. The van der Waals surface area contributed by atoms with Crippen LogP contribution in [0.4, 0.5) is 4.79 Å². The molecule has 0 saturated heterocycles. The van der Waals surface area contributed by atoms with Crippen molar-refractivity contribution in [2.75, 3.05) is 6.54 Å². The highest BCUT2D eigenvalue weighted by atomic mass is 16.2. The van der Waals surface area contributed by atoms with E-state index in [0.29, 0.717) is 6.54 Å². The van der Waals surface area contributed by atoms with Crippen LogP contribution in [-0.2, 0) is 26.6 Å². The van der Waals surface area contributed by atoms with Gasteiger partial charge < -0.3 is 19.4 Å². The molecule has 3 heterocycles. The number of hydrogen-bond donors (Lipinski definition) is 1. The molecule has 0 bridgehead atoms. The van der Waals surface area contributed by atoms with Gasteiger partial charge in [0.1, 0.15) is 5.82 Å². The molecule has 1 aliphatic heterocycles. The highest BCUT2D eigenvalue weighted by molar-refractivity contribution is 5.82. The van der Waals surface area contributed by atoms with Gasteiger partial charge in [0.25, 0.3) is 0 Å². The van der Waals surface area contributed by atoms with Gasteiger partial charge in [0, 0.05) is 56.2 Å². The number of rotatable bonds is 3. The van der Waals surface area contributed by atoms with Crippen LogP contribution in [-0.4, -0.2) is 37.6 Å². The maximum absolute atomic E-state index is 12.6. The molecule has 1 atom stereocenters. The van der Waals surface area contributed by atoms with Crippen molar-refractivity contribution in [2.24, 2.45) is 7.05 Å². The minimum atomic E-state index is -0.00165. The number of nitrogens with zero attached hydrogens (tertiary/aromatic N) is 4. The molecule has 0 saturated carbocycles. The average Bonchev–Trinajstić information content (AvgIpc) is 3.17. The first-order chi connectivity index (χ1) is 12.1. The summed E-state index contributed by atoms with van der Waals surface area (Å²) >= 11 is 0. The fourth-order valence-electron chi connectivity index (χ4n) is 3.55. The SMILES string of the molecule is CC(Cc1nccn1C)NC(=O)N1CCn2c(cc3ccccc32)C1. The minimum Gasteiger partial charge on any atom is -0.341 e. The van der Waals surface area contributed by atoms with E-state index in [-0.39, 0.29) is 12.1 Å². The van der Waals surface area contributed by atoms with Gasteiger partial charge in [0.15, 0.2) is 0 Å². The Bertz CT molecular complexity index is 910. The summed E-state index contributed by atoms with van der Waals surface area (Å²) in [4.78, 5) is 18.8. The summed E-state index contributed by atoms with van der Waals surface area (Å²) in [6.07, 6.45) is 4.43. The molecule has 6 heteroatoms. The zero-order chi connectivity index (χ0) is 17.4. The minimum absolute atomic E-state index is 0.00165. The zero-order valence-electron chi connectivity index (χ0n) is 14.6. The lowest BCUT2D eigenvalue weighted by Crippen LogP contribution is -2.47. The number of carbonyl (C=O) groups is 1. The fraction of sp³-hybridized carbons (Fsp3) is 0.368. The summed E-state index contributed by atoms with van der Waals surface area (Å²) in [6, 6.07) is 10.6. The maximum Gasteiger partial charge on any atom is 0.318 e. The molecule has 1 unspecified atom stereocenters. The average molecular weight is 337 g/mol. The van der Waals surface area contributed by atoms with Gasteiger partial charge in [-0.2, -0.15) is 0 Å². The van der Waals surface area contributed by atoms with Gasteiger partial charge in [-0.05, 0) is 24.4 Å². The van der Waals surface area contributed by atoms with Crippen LogP contribution in [0.15, 0.2) is 42.7 Å². The fourth-order valence-corrected chi connectivity index (χ4v) is 3.55. The third kappa shape index (κ3) is 2.99. The Kier molecular flexibility index (Phi) is 3.95. The molecule has 25 heavy (non-hydrogen) atoms. The van der Waals surface area contributed by atoms with Crippen LogP contribution in [0.3, 0.4) is 0 Å². The summed E-state index contributed by atoms with van der Waals surface area (Å²) < 4.78 is 4.30. The number of benzene rings is 1. The van der Waals surface area contributed by atoms with Crippen LogP contribution >= 0.6 is 0 Å². The summed E-state index contributed by atoms with van der Waals surface area (Å²) in [5, 5.41) is 4.34. The summed E-state index contributed by atoms with van der Waals surface area (Å²) in [7, 11) is 1.97. The molecule has 1 aromatic carbocycles. The van der Waals surface area contributed by atoms with Crippen molar-refractivity contribution in [3.05, 3.63) is 54.2 Å². The second-order valence-corrected chi connectivity index (χ2v) is 6.78. The Labute approximate surface area is 147 Å². The van der Waals surface area contributed by atoms with Gasteiger partial charge in [0.05, 0.1) is 6.54 Å². The largest absolute Gasteiger partial charge is 0.341 e. The molecular weight excluding hydrogens is 314 g/mol. The molecule has 2 amide bonds. The van der Waals surface area contributed by atoms with Crippen LogP contribution in [0.5, 0.6) is 0 Å². The first kappa shape index (κ1) is 15.7. The number of urea groups is 1. The number of fused-ring (bicyclic) bond motifs is 3. The van der Waals surface area contributed by atoms with Crippen LogP contribution in [0.2, 0.25) is 0 Å². The van der Waals surface area contributed by atoms with Crippen LogP contribution in [0, 0.1) is 0 Å². The number of imidazole rings is 1. The van der Waals surface area contributed by atoms with Gasteiger partial charge in [-0.25, -0.2) is 9.78 Å². The normalized spacial score (nSPS) is 15.2. The molecule has 1 aliphatic rings. The number of hydrogen-bond acceptors (Lipinski definition) is 2. The Morgan fingerprint density at radius 1 is 1.32 bits per heavy atom. The molecule has 6 nitrogen and oxygen atoms in total. The summed E-state index contributed by atoms with van der Waals surface area (Å²) in [5.41, 5.74) is 2.44. The van der Waals surface area contributed by atoms with Crippen molar-refractivity contribution in [3.8, 4) is 0 Å². The lowest BCUT2D eigenvalue weighted by atomic mass is 10.2. The second-order valence-electron chi connectivity index (χ2n) is 6.78. The van der Waals surface area contributed by atoms with E-state index < -0.39 is 0 Å². The smallest absolute Gasteiger partial charge is 0.318 e. The van der Waals surface area contributed by atoms with Gasteiger partial charge in [-0.1, -0.05) is 18.2 Å². The van der Waals surface area contributed by atoms with Gasteiger partial charge >= 0.3 is 6.03 Å². The third-order valence-corrected chi connectivity index (χ3v) is 4.91. The molecule has 0 radical (unpaired) electrons. The highest BCUT2D eigenvalue weighted by Crippen LogP contribution is 2.23. The molecule has 0 aliphatic carbocycles. The number of nitrogens with one attached hydrogen (secondary N) is 1. The molecule has 130 valence electrons. The van der Waals surface area contributed by atoms with Crippen molar-refractivity contribution in [1.29, 1.82) is 0 Å². The molecule has 2 aromatic heterocycles. The van der Waals surface area contributed by atoms with Crippen LogP contribution in [0.1, 0.15) is 18.4 Å². The van der Waals surface area contributed by atoms with E-state index in [1.54, 1.807) is 6.20 Å². The number of carbonyl (C=O) groups excluding carboxylic acids is 1. The lowest BCUT2D eigenvalue weighted by Gasteiger charge is -2.30. The van der Waals surface area contributed by atoms with Crippen molar-refractivity contribution in [2.45, 2.75) is 32.5 Å². The molecular formula is C19H23N5O. The number of amides is 2.